The van der Waals surface area contributed by atoms with Gasteiger partial charge < -0.3 is 19.7 Å². The van der Waals surface area contributed by atoms with Crippen molar-refractivity contribution >= 4 is 17.5 Å². The van der Waals surface area contributed by atoms with Gasteiger partial charge in [-0.2, -0.15) is 0 Å². The Bertz CT molecular complexity index is 1090. The maximum Gasteiger partial charge on any atom is 0.257 e. The number of amides is 2. The van der Waals surface area contributed by atoms with Crippen LogP contribution in [0.25, 0.3) is 0 Å². The molecule has 36 heavy (non-hydrogen) atoms. The lowest BCUT2D eigenvalue weighted by molar-refractivity contribution is 0.00994. The summed E-state index contributed by atoms with van der Waals surface area (Å²) in [7, 11) is 3.46. The predicted molar refractivity (Wildman–Crippen MR) is 137 cm³/mol. The molecule has 0 radical (unpaired) electrons. The molecule has 0 unspecified atom stereocenters. The Kier molecular flexibility index (Phi) is 8.26. The van der Waals surface area contributed by atoms with Crippen LogP contribution in [-0.2, 0) is 4.74 Å². The molecular weight excluding hydrogens is 461 g/mol. The highest BCUT2D eigenvalue weighted by atomic mass is 19.1. The van der Waals surface area contributed by atoms with Crippen LogP contribution in [0.4, 0.5) is 10.1 Å². The number of ether oxygens (including phenoxy) is 2. The van der Waals surface area contributed by atoms with Gasteiger partial charge in [0.2, 0.25) is 0 Å². The van der Waals surface area contributed by atoms with Crippen molar-refractivity contribution in [2.75, 3.05) is 45.7 Å². The highest BCUT2D eigenvalue weighted by Crippen LogP contribution is 2.32. The third-order valence-electron chi connectivity index (χ3n) is 7.11. The highest BCUT2D eigenvalue weighted by Gasteiger charge is 2.31. The Morgan fingerprint density at radius 3 is 2.64 bits per heavy atom. The lowest BCUT2D eigenvalue weighted by Crippen LogP contribution is -2.47. The summed E-state index contributed by atoms with van der Waals surface area (Å²) in [6.07, 6.45) is 2.43. The molecule has 8 heteroatoms. The van der Waals surface area contributed by atoms with Gasteiger partial charge in [-0.15, -0.1) is 0 Å². The van der Waals surface area contributed by atoms with E-state index in [1.54, 1.807) is 43.3 Å². The number of nitrogens with zero attached hydrogens (tertiary/aromatic N) is 2. The van der Waals surface area contributed by atoms with E-state index in [1.165, 1.54) is 31.0 Å². The molecule has 0 bridgehead atoms. The van der Waals surface area contributed by atoms with E-state index in [-0.39, 0.29) is 29.5 Å². The van der Waals surface area contributed by atoms with Gasteiger partial charge in [-0.05, 0) is 61.9 Å². The number of hydrogen-bond donors (Lipinski definition) is 1. The van der Waals surface area contributed by atoms with E-state index in [1.807, 2.05) is 0 Å². The summed E-state index contributed by atoms with van der Waals surface area (Å²) in [6.45, 7) is 7.07. The molecule has 1 heterocycles. The minimum absolute atomic E-state index is 0.0959. The third-order valence-corrected chi connectivity index (χ3v) is 7.11. The second-order valence-electron chi connectivity index (χ2n) is 10.2. The largest absolute Gasteiger partial charge is 0.491 e. The monoisotopic (exact) mass is 497 g/mol. The number of anilines is 1. The smallest absolute Gasteiger partial charge is 0.257 e. The van der Waals surface area contributed by atoms with Crippen LogP contribution in [0.15, 0.2) is 42.5 Å². The highest BCUT2D eigenvalue weighted by molar-refractivity contribution is 6.05. The van der Waals surface area contributed by atoms with Gasteiger partial charge in [0.05, 0.1) is 11.7 Å². The lowest BCUT2D eigenvalue weighted by atomic mass is 10.0. The number of hydrogen-bond acceptors (Lipinski definition) is 5. The molecule has 3 atom stereocenters. The van der Waals surface area contributed by atoms with Crippen molar-refractivity contribution in [2.45, 2.75) is 38.8 Å². The Morgan fingerprint density at radius 2 is 1.94 bits per heavy atom. The molecule has 0 aromatic heterocycles. The molecule has 4 rings (SSSR count). The van der Waals surface area contributed by atoms with Crippen LogP contribution in [0.1, 0.15) is 47.4 Å². The van der Waals surface area contributed by atoms with E-state index in [9.17, 15) is 14.0 Å². The molecule has 1 N–H and O–H groups in total. The minimum Gasteiger partial charge on any atom is -0.491 e. The van der Waals surface area contributed by atoms with Crippen LogP contribution in [-0.4, -0.2) is 74.2 Å². The molecule has 2 aliphatic rings. The van der Waals surface area contributed by atoms with Crippen LogP contribution in [0, 0.1) is 17.7 Å². The summed E-state index contributed by atoms with van der Waals surface area (Å²) < 4.78 is 25.6. The Morgan fingerprint density at radius 1 is 1.17 bits per heavy atom. The van der Waals surface area contributed by atoms with Crippen LogP contribution in [0.3, 0.4) is 0 Å². The second kappa shape index (κ2) is 11.4. The topological polar surface area (TPSA) is 71.1 Å². The zero-order valence-electron chi connectivity index (χ0n) is 21.5. The fourth-order valence-electron chi connectivity index (χ4n) is 4.64. The molecular formula is C28H36FN3O4. The van der Waals surface area contributed by atoms with E-state index >= 15 is 0 Å². The summed E-state index contributed by atoms with van der Waals surface area (Å²) >= 11 is 0. The van der Waals surface area contributed by atoms with Crippen molar-refractivity contribution in [3.63, 3.8) is 0 Å². The van der Waals surface area contributed by atoms with Gasteiger partial charge in [0.1, 0.15) is 18.2 Å². The van der Waals surface area contributed by atoms with Crippen molar-refractivity contribution < 1.29 is 23.5 Å². The number of benzene rings is 2. The molecule has 1 aliphatic heterocycles. The van der Waals surface area contributed by atoms with Crippen molar-refractivity contribution in [2.24, 2.45) is 11.8 Å². The van der Waals surface area contributed by atoms with Crippen molar-refractivity contribution in [1.29, 1.82) is 0 Å². The van der Waals surface area contributed by atoms with Crippen molar-refractivity contribution in [1.82, 2.24) is 9.80 Å². The molecule has 194 valence electrons. The summed E-state index contributed by atoms with van der Waals surface area (Å²) in [5, 5.41) is 2.78. The number of nitrogens with one attached hydrogen (secondary N) is 1. The van der Waals surface area contributed by atoms with Crippen molar-refractivity contribution in [3.05, 3.63) is 59.4 Å². The Hall–Kier alpha value is -2.97. The number of methoxy groups -OCH3 is 1. The van der Waals surface area contributed by atoms with Gasteiger partial charge >= 0.3 is 0 Å². The summed E-state index contributed by atoms with van der Waals surface area (Å²) in [5.41, 5.74) is 1.10. The summed E-state index contributed by atoms with van der Waals surface area (Å²) in [6, 6.07) is 10.6. The summed E-state index contributed by atoms with van der Waals surface area (Å²) in [4.78, 5) is 30.1. The van der Waals surface area contributed by atoms with Crippen LogP contribution in [0.2, 0.25) is 0 Å². The van der Waals surface area contributed by atoms with Gasteiger partial charge in [0.25, 0.3) is 11.8 Å². The first-order valence-corrected chi connectivity index (χ1v) is 12.6. The molecule has 0 spiro atoms. The van der Waals surface area contributed by atoms with Gasteiger partial charge in [0, 0.05) is 57.2 Å². The molecule has 1 fully saturated rings. The predicted octanol–water partition coefficient (Wildman–Crippen LogP) is 4.29. The van der Waals surface area contributed by atoms with Gasteiger partial charge in [-0.25, -0.2) is 4.39 Å². The van der Waals surface area contributed by atoms with Crippen LogP contribution >= 0.6 is 0 Å². The number of likely N-dealkylation sites (N-methyl/N-ethyl adjacent to an activating group) is 1. The standard InChI is InChI=1S/C28H36FN3O4/c1-18-14-32(15-20-8-9-20)19(2)17-36-25-13-23(30-27(33)21-6-5-7-22(29)12-21)10-11-24(25)28(34)31(3)16-26(18)35-4/h5-7,10-13,18-20,26H,8-9,14-17H2,1-4H3,(H,30,33)/t18-,19+,26-/m0/s1. The summed E-state index contributed by atoms with van der Waals surface area (Å²) in [5.74, 6) is 0.285. The van der Waals surface area contributed by atoms with Crippen LogP contribution < -0.4 is 10.1 Å². The Balaban J connectivity index is 1.60. The molecule has 1 saturated carbocycles. The number of carbonyl (C=O) groups is 2. The van der Waals surface area contributed by atoms with E-state index < -0.39 is 11.7 Å². The van der Waals surface area contributed by atoms with E-state index in [2.05, 4.69) is 24.1 Å². The number of rotatable bonds is 5. The average molecular weight is 498 g/mol. The van der Waals surface area contributed by atoms with E-state index in [0.717, 1.165) is 19.0 Å². The van der Waals surface area contributed by atoms with E-state index in [0.29, 0.717) is 30.2 Å². The van der Waals surface area contributed by atoms with Crippen LogP contribution in [0.5, 0.6) is 5.75 Å². The quantitative estimate of drug-likeness (QED) is 0.667. The van der Waals surface area contributed by atoms with Gasteiger partial charge in [-0.1, -0.05) is 13.0 Å². The molecule has 1 aliphatic carbocycles. The number of halogens is 1. The van der Waals surface area contributed by atoms with Gasteiger partial charge in [-0.3, -0.25) is 14.5 Å². The first-order chi connectivity index (χ1) is 17.2. The average Bonchev–Trinajstić information content (AvgIpc) is 3.68. The molecule has 2 aromatic rings. The first-order valence-electron chi connectivity index (χ1n) is 12.6. The van der Waals surface area contributed by atoms with Crippen molar-refractivity contribution in [3.8, 4) is 5.75 Å². The fraction of sp³-hybridized carbons (Fsp3) is 0.500. The van der Waals surface area contributed by atoms with Gasteiger partial charge in [0.15, 0.2) is 0 Å². The number of fused-ring (bicyclic) bond motifs is 1. The first kappa shape index (κ1) is 26.1. The molecule has 7 nitrogen and oxygen atoms in total. The molecule has 2 aromatic carbocycles. The normalized spacial score (nSPS) is 23.8. The zero-order chi connectivity index (χ0) is 25.8. The minimum atomic E-state index is -0.481. The maximum atomic E-state index is 13.6. The fourth-order valence-corrected chi connectivity index (χ4v) is 4.64. The number of carbonyl (C=O) groups excluding carboxylic acids is 2. The molecule has 0 saturated heterocycles. The zero-order valence-corrected chi connectivity index (χ0v) is 21.5. The lowest BCUT2D eigenvalue weighted by Gasteiger charge is -2.36. The second-order valence-corrected chi connectivity index (χ2v) is 10.2. The maximum absolute atomic E-state index is 13.6. The SMILES string of the molecule is CO[C@H]1CN(C)C(=O)c2ccc(NC(=O)c3cccc(F)c3)cc2OC[C@@H](C)N(CC2CC2)C[C@@H]1C. The Labute approximate surface area is 212 Å². The van der Waals surface area contributed by atoms with E-state index in [4.69, 9.17) is 9.47 Å². The molecule has 2 amide bonds. The third kappa shape index (κ3) is 6.42.